The van der Waals surface area contributed by atoms with Gasteiger partial charge in [0.05, 0.1) is 0 Å². The number of rotatable bonds is 6. The van der Waals surface area contributed by atoms with E-state index in [2.05, 4.69) is 0 Å². The maximum absolute atomic E-state index is 11.6. The van der Waals surface area contributed by atoms with Crippen molar-refractivity contribution in [2.45, 2.75) is 58.2 Å². The summed E-state index contributed by atoms with van der Waals surface area (Å²) in [6.07, 6.45) is 0.429. The fourth-order valence-electron chi connectivity index (χ4n) is 1.16. The van der Waals surface area contributed by atoms with E-state index in [1.807, 2.05) is 39.3 Å². The average Bonchev–Trinajstić information content (AvgIpc) is 2.08. The first-order valence-electron chi connectivity index (χ1n) is 6.11. The second-order valence-corrected chi connectivity index (χ2v) is 15.1. The lowest BCUT2D eigenvalue weighted by atomic mass is 10.2. The molecule has 0 fully saturated rings. The molecule has 0 aromatic carbocycles. The summed E-state index contributed by atoms with van der Waals surface area (Å²) in [5.74, 6) is -0.708. The van der Waals surface area contributed by atoms with Gasteiger partial charge in [-0.1, -0.05) is 0 Å². The van der Waals surface area contributed by atoms with Gasteiger partial charge in [-0.15, -0.1) is 0 Å². The molecule has 0 bridgehead atoms. The van der Waals surface area contributed by atoms with Crippen molar-refractivity contribution in [2.24, 2.45) is 5.73 Å². The highest BCUT2D eigenvalue weighted by atomic mass is 28.4. The Morgan fingerprint density at radius 2 is 1.44 bits per heavy atom. The number of hydrogen-bond acceptors (Lipinski definition) is 5. The highest BCUT2D eigenvalue weighted by Crippen LogP contribution is 2.09. The molecule has 0 spiro atoms. The van der Waals surface area contributed by atoms with Gasteiger partial charge in [-0.05, 0) is 45.7 Å². The van der Waals surface area contributed by atoms with Crippen LogP contribution in [0.4, 0.5) is 0 Å². The second-order valence-electron chi connectivity index (χ2n) is 6.27. The van der Waals surface area contributed by atoms with Crippen molar-refractivity contribution >= 4 is 28.6 Å². The molecule has 7 heteroatoms. The van der Waals surface area contributed by atoms with E-state index in [4.69, 9.17) is 14.6 Å². The average molecular weight is 291 g/mol. The molecule has 0 aromatic heterocycles. The fourth-order valence-corrected chi connectivity index (χ4v) is 2.70. The molecule has 0 rings (SSSR count). The zero-order valence-corrected chi connectivity index (χ0v) is 14.2. The Morgan fingerprint density at radius 3 is 1.83 bits per heavy atom. The van der Waals surface area contributed by atoms with Gasteiger partial charge in [0.2, 0.25) is 16.6 Å². The van der Waals surface area contributed by atoms with Crippen LogP contribution in [0.3, 0.4) is 0 Å². The Kier molecular flexibility index (Phi) is 6.25. The topological polar surface area (TPSA) is 78.6 Å². The van der Waals surface area contributed by atoms with Gasteiger partial charge in [0.25, 0.3) is 5.97 Å². The summed E-state index contributed by atoms with van der Waals surface area (Å²) in [4.78, 5) is 23.1. The number of carbonyl (C=O) groups excluding carboxylic acids is 2. The van der Waals surface area contributed by atoms with Crippen molar-refractivity contribution in [2.75, 3.05) is 0 Å². The highest BCUT2D eigenvalue weighted by molar-refractivity contribution is 6.71. The van der Waals surface area contributed by atoms with E-state index < -0.39 is 28.6 Å². The van der Waals surface area contributed by atoms with E-state index in [0.717, 1.165) is 0 Å². The van der Waals surface area contributed by atoms with Gasteiger partial charge >= 0.3 is 5.97 Å². The highest BCUT2D eigenvalue weighted by Gasteiger charge is 2.25. The minimum absolute atomic E-state index is 0.159. The van der Waals surface area contributed by atoms with Crippen molar-refractivity contribution in [3.8, 4) is 0 Å². The van der Waals surface area contributed by atoms with Crippen molar-refractivity contribution in [3.05, 3.63) is 0 Å². The number of hydrogen-bond donors (Lipinski definition) is 1. The van der Waals surface area contributed by atoms with E-state index in [-0.39, 0.29) is 18.8 Å². The maximum atomic E-state index is 11.6. The Labute approximate surface area is 111 Å². The molecule has 0 saturated carbocycles. The standard InChI is InChI=1S/C11H25NO4Si2/c1-17(2,3)15-10(13)8-7-9(12)11(14)16-18(4,5)6/h9H,7-8,12H2,1-6H3/t9-/m0/s1. The van der Waals surface area contributed by atoms with Crippen LogP contribution >= 0.6 is 0 Å². The smallest absolute Gasteiger partial charge is 0.309 e. The van der Waals surface area contributed by atoms with Crippen LogP contribution in [-0.2, 0) is 18.4 Å². The molecule has 2 N–H and O–H groups in total. The molecule has 18 heavy (non-hydrogen) atoms. The van der Waals surface area contributed by atoms with E-state index in [0.29, 0.717) is 0 Å². The largest absolute Gasteiger partial charge is 0.520 e. The summed E-state index contributed by atoms with van der Waals surface area (Å²) in [5.41, 5.74) is 5.69. The summed E-state index contributed by atoms with van der Waals surface area (Å²) >= 11 is 0. The predicted molar refractivity (Wildman–Crippen MR) is 76.1 cm³/mol. The van der Waals surface area contributed by atoms with Crippen molar-refractivity contribution < 1.29 is 18.4 Å². The number of nitrogens with two attached hydrogens (primary N) is 1. The van der Waals surface area contributed by atoms with Crippen molar-refractivity contribution in [3.63, 3.8) is 0 Å². The van der Waals surface area contributed by atoms with Crippen LogP contribution in [0.1, 0.15) is 12.8 Å². The van der Waals surface area contributed by atoms with Crippen molar-refractivity contribution in [1.82, 2.24) is 0 Å². The lowest BCUT2D eigenvalue weighted by Crippen LogP contribution is -2.40. The van der Waals surface area contributed by atoms with Crippen LogP contribution in [0.15, 0.2) is 0 Å². The first-order valence-corrected chi connectivity index (χ1v) is 12.9. The number of carbonyl (C=O) groups is 2. The van der Waals surface area contributed by atoms with Gasteiger partial charge in [-0.25, -0.2) is 0 Å². The molecular formula is C11H25NO4Si2. The van der Waals surface area contributed by atoms with Gasteiger partial charge in [-0.2, -0.15) is 0 Å². The van der Waals surface area contributed by atoms with Crippen LogP contribution in [-0.4, -0.2) is 34.6 Å². The lowest BCUT2D eigenvalue weighted by Gasteiger charge is -2.21. The van der Waals surface area contributed by atoms with E-state index in [1.165, 1.54) is 0 Å². The van der Waals surface area contributed by atoms with Gasteiger partial charge < -0.3 is 14.6 Å². The van der Waals surface area contributed by atoms with Crippen molar-refractivity contribution in [1.29, 1.82) is 0 Å². The fraction of sp³-hybridized carbons (Fsp3) is 0.818. The molecule has 0 aliphatic carbocycles. The van der Waals surface area contributed by atoms with Gasteiger partial charge in [0, 0.05) is 6.42 Å². The molecule has 106 valence electrons. The van der Waals surface area contributed by atoms with Gasteiger partial charge in [-0.3, -0.25) is 9.59 Å². The monoisotopic (exact) mass is 291 g/mol. The molecular weight excluding hydrogens is 266 g/mol. The van der Waals surface area contributed by atoms with Crippen LogP contribution in [0.2, 0.25) is 39.3 Å². The summed E-state index contributed by atoms with van der Waals surface area (Å²) in [6, 6.07) is -0.745. The third-order valence-electron chi connectivity index (χ3n) is 1.79. The third-order valence-corrected chi connectivity index (χ3v) is 3.44. The normalized spacial score (nSPS) is 13.9. The lowest BCUT2D eigenvalue weighted by molar-refractivity contribution is -0.137. The molecule has 0 saturated heterocycles. The summed E-state index contributed by atoms with van der Waals surface area (Å²) in [7, 11) is -3.77. The Morgan fingerprint density at radius 1 is 1.00 bits per heavy atom. The summed E-state index contributed by atoms with van der Waals surface area (Å²) < 4.78 is 10.5. The van der Waals surface area contributed by atoms with Gasteiger partial charge in [0.1, 0.15) is 6.04 Å². The molecule has 0 heterocycles. The van der Waals surface area contributed by atoms with Gasteiger partial charge in [0.15, 0.2) is 0 Å². The molecule has 0 radical (unpaired) electrons. The molecule has 0 aromatic rings. The van der Waals surface area contributed by atoms with E-state index >= 15 is 0 Å². The van der Waals surface area contributed by atoms with Crippen LogP contribution in [0.25, 0.3) is 0 Å². The molecule has 5 nitrogen and oxygen atoms in total. The SMILES string of the molecule is C[Si](C)(C)OC(=O)CC[C@H](N)C(=O)O[Si](C)(C)C. The van der Waals surface area contributed by atoms with Crippen LogP contribution in [0.5, 0.6) is 0 Å². The minimum atomic E-state index is -1.92. The van der Waals surface area contributed by atoms with E-state index in [9.17, 15) is 9.59 Å². The van der Waals surface area contributed by atoms with Crippen LogP contribution < -0.4 is 5.73 Å². The Balaban J connectivity index is 4.07. The quantitative estimate of drug-likeness (QED) is 0.756. The zero-order valence-electron chi connectivity index (χ0n) is 12.2. The Hall–Kier alpha value is -0.666. The molecule has 1 atom stereocenters. The summed E-state index contributed by atoms with van der Waals surface area (Å²) in [5, 5.41) is 0. The Bertz CT molecular complexity index is 307. The molecule has 0 aliphatic heterocycles. The maximum Gasteiger partial charge on any atom is 0.309 e. The zero-order chi connectivity index (χ0) is 14.6. The molecule has 0 aliphatic rings. The summed E-state index contributed by atoms with van der Waals surface area (Å²) in [6.45, 7) is 11.5. The first-order chi connectivity index (χ1) is 7.91. The van der Waals surface area contributed by atoms with Crippen LogP contribution in [0, 0.1) is 0 Å². The third kappa shape index (κ3) is 9.37. The van der Waals surface area contributed by atoms with E-state index in [1.54, 1.807) is 0 Å². The first kappa shape index (κ1) is 17.3. The molecule has 0 unspecified atom stereocenters. The minimum Gasteiger partial charge on any atom is -0.520 e. The molecule has 0 amide bonds. The second kappa shape index (κ2) is 6.49. The predicted octanol–water partition coefficient (Wildman–Crippen LogP) is 1.85.